The molecule has 0 radical (unpaired) electrons. The summed E-state index contributed by atoms with van der Waals surface area (Å²) in [4.78, 5) is 11.5. The minimum absolute atomic E-state index is 0.367. The first-order valence-corrected chi connectivity index (χ1v) is 6.82. The quantitative estimate of drug-likeness (QED) is 0.888. The molecule has 1 aromatic carbocycles. The summed E-state index contributed by atoms with van der Waals surface area (Å²) >= 11 is 6.20. The first-order chi connectivity index (χ1) is 8.69. The fourth-order valence-electron chi connectivity index (χ4n) is 1.55. The van der Waals surface area contributed by atoms with Crippen LogP contribution < -0.4 is 5.32 Å². The summed E-state index contributed by atoms with van der Waals surface area (Å²) in [6, 6.07) is 5.91. The number of carbonyl (C=O) groups excluding carboxylic acids is 1. The molecule has 0 fully saturated rings. The van der Waals surface area contributed by atoms with Gasteiger partial charge in [-0.2, -0.15) is 0 Å². The highest BCUT2D eigenvalue weighted by atomic mass is 35.5. The van der Waals surface area contributed by atoms with Gasteiger partial charge in [-0.15, -0.1) is 0 Å². The summed E-state index contributed by atoms with van der Waals surface area (Å²) in [5.41, 5.74) is 1.58. The highest BCUT2D eigenvalue weighted by Gasteiger charge is 2.16. The fraction of sp³-hybridized carbons (Fsp3) is 0.533. The predicted octanol–water partition coefficient (Wildman–Crippen LogP) is 4.49. The molecule has 4 heteroatoms. The van der Waals surface area contributed by atoms with Gasteiger partial charge in [0.25, 0.3) is 0 Å². The highest BCUT2D eigenvalue weighted by Crippen LogP contribution is 2.22. The van der Waals surface area contributed by atoms with Gasteiger partial charge >= 0.3 is 6.09 Å². The largest absolute Gasteiger partial charge is 0.444 e. The van der Waals surface area contributed by atoms with Gasteiger partial charge < -0.3 is 10.1 Å². The Morgan fingerprint density at radius 1 is 1.37 bits per heavy atom. The number of carbonyl (C=O) groups is 1. The van der Waals surface area contributed by atoms with Crippen molar-refractivity contribution < 1.29 is 9.53 Å². The lowest BCUT2D eigenvalue weighted by molar-refractivity contribution is 0.0523. The minimum Gasteiger partial charge on any atom is -0.444 e. The van der Waals surface area contributed by atoms with E-state index in [1.165, 1.54) is 5.56 Å². The van der Waals surface area contributed by atoms with Crippen LogP contribution in [0.5, 0.6) is 0 Å². The van der Waals surface area contributed by atoms with Crippen molar-refractivity contribution in [2.45, 2.75) is 52.7 Å². The zero-order valence-electron chi connectivity index (χ0n) is 12.2. The first-order valence-electron chi connectivity index (χ1n) is 6.44. The molecule has 0 saturated carbocycles. The molecule has 1 N–H and O–H groups in total. The number of ether oxygens (including phenoxy) is 1. The molecule has 0 aliphatic carbocycles. The lowest BCUT2D eigenvalue weighted by Crippen LogP contribution is -2.32. The van der Waals surface area contributed by atoms with Crippen molar-refractivity contribution in [1.82, 2.24) is 5.32 Å². The molecular weight excluding hydrogens is 262 g/mol. The van der Waals surface area contributed by atoms with E-state index in [9.17, 15) is 4.79 Å². The number of amides is 1. The maximum Gasteiger partial charge on any atom is 0.407 e. The second-order valence-corrected chi connectivity index (χ2v) is 6.27. The maximum atomic E-state index is 11.5. The predicted molar refractivity (Wildman–Crippen MR) is 78.6 cm³/mol. The van der Waals surface area contributed by atoms with Crippen LogP contribution in [0, 0.1) is 0 Å². The minimum atomic E-state index is -0.491. The summed E-state index contributed by atoms with van der Waals surface area (Å²) in [5.74, 6) is 0.436. The van der Waals surface area contributed by atoms with Crippen LogP contribution in [0.1, 0.15) is 51.7 Å². The summed E-state index contributed by atoms with van der Waals surface area (Å²) in [6.07, 6.45) is -0.434. The van der Waals surface area contributed by atoms with Crippen LogP contribution in [0.15, 0.2) is 18.2 Å². The number of benzene rings is 1. The van der Waals surface area contributed by atoms with Crippen LogP contribution in [0.25, 0.3) is 0 Å². The molecule has 0 unspecified atom stereocenters. The number of rotatable bonds is 3. The van der Waals surface area contributed by atoms with Gasteiger partial charge in [-0.3, -0.25) is 0 Å². The molecule has 19 heavy (non-hydrogen) atoms. The standard InChI is InChI=1S/C15H22ClNO2/c1-10(2)11-6-7-12(13(16)8-11)9-17-14(18)19-15(3,4)5/h6-8,10H,9H2,1-5H3,(H,17,18). The van der Waals surface area contributed by atoms with Crippen LogP contribution in [0.3, 0.4) is 0 Å². The van der Waals surface area contributed by atoms with Gasteiger partial charge in [-0.1, -0.05) is 37.6 Å². The van der Waals surface area contributed by atoms with E-state index in [0.29, 0.717) is 17.5 Å². The Labute approximate surface area is 120 Å². The summed E-state index contributed by atoms with van der Waals surface area (Å²) in [6.45, 7) is 10.1. The Morgan fingerprint density at radius 3 is 2.47 bits per heavy atom. The van der Waals surface area contributed by atoms with Crippen molar-refractivity contribution in [2.24, 2.45) is 0 Å². The zero-order valence-corrected chi connectivity index (χ0v) is 13.0. The number of alkyl carbamates (subject to hydrolysis) is 1. The lowest BCUT2D eigenvalue weighted by atomic mass is 10.0. The van der Waals surface area contributed by atoms with E-state index < -0.39 is 11.7 Å². The third kappa shape index (κ3) is 5.52. The number of hydrogen-bond acceptors (Lipinski definition) is 2. The fourth-order valence-corrected chi connectivity index (χ4v) is 1.80. The number of hydrogen-bond donors (Lipinski definition) is 1. The van der Waals surface area contributed by atoms with Crippen molar-refractivity contribution in [3.05, 3.63) is 34.3 Å². The van der Waals surface area contributed by atoms with Gasteiger partial charge in [0.2, 0.25) is 0 Å². The molecule has 0 heterocycles. The molecule has 1 amide bonds. The average Bonchev–Trinajstić information content (AvgIpc) is 2.24. The van der Waals surface area contributed by atoms with Gasteiger partial charge in [-0.25, -0.2) is 4.79 Å². The van der Waals surface area contributed by atoms with Crippen molar-refractivity contribution in [3.8, 4) is 0 Å². The number of nitrogens with one attached hydrogen (secondary N) is 1. The molecule has 0 aromatic heterocycles. The molecule has 106 valence electrons. The third-order valence-corrected chi connectivity index (χ3v) is 2.92. The van der Waals surface area contributed by atoms with E-state index in [-0.39, 0.29) is 0 Å². The Bertz CT molecular complexity index is 450. The Kier molecular flexibility index (Phi) is 5.24. The maximum absolute atomic E-state index is 11.5. The van der Waals surface area contributed by atoms with Gasteiger partial charge in [0.1, 0.15) is 5.60 Å². The third-order valence-electron chi connectivity index (χ3n) is 2.57. The molecule has 0 atom stereocenters. The Morgan fingerprint density at radius 2 is 2.00 bits per heavy atom. The topological polar surface area (TPSA) is 38.3 Å². The van der Waals surface area contributed by atoms with E-state index in [1.54, 1.807) is 0 Å². The van der Waals surface area contributed by atoms with E-state index in [2.05, 4.69) is 19.2 Å². The molecule has 1 aromatic rings. The van der Waals surface area contributed by atoms with Crippen molar-refractivity contribution >= 4 is 17.7 Å². The molecule has 0 spiro atoms. The second-order valence-electron chi connectivity index (χ2n) is 5.86. The molecule has 0 aliphatic rings. The van der Waals surface area contributed by atoms with Gasteiger partial charge in [-0.05, 0) is 43.9 Å². The zero-order chi connectivity index (χ0) is 14.6. The monoisotopic (exact) mass is 283 g/mol. The molecule has 0 aliphatic heterocycles. The smallest absolute Gasteiger partial charge is 0.407 e. The summed E-state index contributed by atoms with van der Waals surface area (Å²) in [7, 11) is 0. The van der Waals surface area contributed by atoms with Gasteiger partial charge in [0.05, 0.1) is 0 Å². The molecule has 0 bridgehead atoms. The molecule has 1 rings (SSSR count). The molecule has 3 nitrogen and oxygen atoms in total. The summed E-state index contributed by atoms with van der Waals surface area (Å²) < 4.78 is 5.17. The first kappa shape index (κ1) is 15.8. The SMILES string of the molecule is CC(C)c1ccc(CNC(=O)OC(C)(C)C)c(Cl)c1. The van der Waals surface area contributed by atoms with E-state index in [4.69, 9.17) is 16.3 Å². The van der Waals surface area contributed by atoms with E-state index in [1.807, 2.05) is 39.0 Å². The van der Waals surface area contributed by atoms with Crippen LogP contribution in [0.4, 0.5) is 4.79 Å². The van der Waals surface area contributed by atoms with Crippen LogP contribution in [-0.2, 0) is 11.3 Å². The highest BCUT2D eigenvalue weighted by molar-refractivity contribution is 6.31. The Hall–Kier alpha value is -1.22. The molecule has 0 saturated heterocycles. The van der Waals surface area contributed by atoms with Crippen LogP contribution in [-0.4, -0.2) is 11.7 Å². The van der Waals surface area contributed by atoms with Crippen LogP contribution >= 0.6 is 11.6 Å². The number of halogens is 1. The van der Waals surface area contributed by atoms with E-state index >= 15 is 0 Å². The van der Waals surface area contributed by atoms with Crippen LogP contribution in [0.2, 0.25) is 5.02 Å². The van der Waals surface area contributed by atoms with Crippen molar-refractivity contribution in [2.75, 3.05) is 0 Å². The lowest BCUT2D eigenvalue weighted by Gasteiger charge is -2.20. The van der Waals surface area contributed by atoms with Gasteiger partial charge in [0.15, 0.2) is 0 Å². The normalized spacial score (nSPS) is 11.5. The van der Waals surface area contributed by atoms with Crippen molar-refractivity contribution in [1.29, 1.82) is 0 Å². The van der Waals surface area contributed by atoms with Crippen molar-refractivity contribution in [3.63, 3.8) is 0 Å². The van der Waals surface area contributed by atoms with Gasteiger partial charge in [0, 0.05) is 11.6 Å². The Balaban J connectivity index is 2.61. The average molecular weight is 284 g/mol. The molecular formula is C15H22ClNO2. The summed E-state index contributed by atoms with van der Waals surface area (Å²) in [5, 5.41) is 3.37. The van der Waals surface area contributed by atoms with E-state index in [0.717, 1.165) is 5.56 Å². The second kappa shape index (κ2) is 6.29.